The van der Waals surface area contributed by atoms with Gasteiger partial charge in [-0.3, -0.25) is 0 Å². The summed E-state index contributed by atoms with van der Waals surface area (Å²) in [6, 6.07) is 3.89. The fraction of sp³-hybridized carbons (Fsp3) is 0.667. The molecule has 2 aliphatic heterocycles. The van der Waals surface area contributed by atoms with Gasteiger partial charge in [0.1, 0.15) is 11.4 Å². The third-order valence-electron chi connectivity index (χ3n) is 4.77. The van der Waals surface area contributed by atoms with Crippen molar-refractivity contribution in [1.29, 1.82) is 0 Å². The Labute approximate surface area is 143 Å². The Bertz CT molecular complexity index is 538. The Hall–Kier alpha value is -1.66. The van der Waals surface area contributed by atoms with Gasteiger partial charge in [0.15, 0.2) is 0 Å². The van der Waals surface area contributed by atoms with Crippen molar-refractivity contribution in [3.63, 3.8) is 0 Å². The fourth-order valence-electron chi connectivity index (χ4n) is 3.44. The van der Waals surface area contributed by atoms with Crippen LogP contribution in [0.15, 0.2) is 18.3 Å². The average molecular weight is 333 g/mol. The number of esters is 1. The van der Waals surface area contributed by atoms with Crippen molar-refractivity contribution in [2.45, 2.75) is 32.2 Å². The summed E-state index contributed by atoms with van der Waals surface area (Å²) < 4.78 is 10.6. The average Bonchev–Trinajstić information content (AvgIpc) is 3.10. The van der Waals surface area contributed by atoms with E-state index < -0.39 is 0 Å². The summed E-state index contributed by atoms with van der Waals surface area (Å²) in [5, 5.41) is 3.44. The summed E-state index contributed by atoms with van der Waals surface area (Å²) in [6.07, 6.45) is 5.02. The summed E-state index contributed by atoms with van der Waals surface area (Å²) in [5.41, 5.74) is 0.518. The molecule has 2 aliphatic rings. The number of aromatic nitrogens is 1. The van der Waals surface area contributed by atoms with E-state index in [0.717, 1.165) is 45.7 Å². The van der Waals surface area contributed by atoms with E-state index in [2.05, 4.69) is 15.2 Å². The topological polar surface area (TPSA) is 63.7 Å². The first-order chi connectivity index (χ1) is 11.8. The first-order valence-electron chi connectivity index (χ1n) is 8.95. The molecule has 1 aromatic heterocycles. The van der Waals surface area contributed by atoms with Gasteiger partial charge in [-0.2, -0.15) is 0 Å². The number of hydrogen-bond donors (Lipinski definition) is 1. The number of nitrogens with zero attached hydrogens (tertiary/aromatic N) is 2. The molecule has 0 aliphatic carbocycles. The lowest BCUT2D eigenvalue weighted by molar-refractivity contribution is 0.0527. The maximum Gasteiger partial charge on any atom is 0.341 e. The SMILES string of the molecule is CCOC(=O)c1cccnc1NC1CCN(CC2CCOC2)CC1. The highest BCUT2D eigenvalue weighted by Gasteiger charge is 2.25. The van der Waals surface area contributed by atoms with E-state index in [1.807, 2.05) is 6.92 Å². The maximum atomic E-state index is 12.0. The molecule has 2 fully saturated rings. The zero-order chi connectivity index (χ0) is 16.8. The van der Waals surface area contributed by atoms with Crippen molar-refractivity contribution in [3.05, 3.63) is 23.9 Å². The van der Waals surface area contributed by atoms with Gasteiger partial charge in [0.25, 0.3) is 0 Å². The number of likely N-dealkylation sites (tertiary alicyclic amines) is 1. The lowest BCUT2D eigenvalue weighted by Gasteiger charge is -2.34. The second-order valence-electron chi connectivity index (χ2n) is 6.57. The third-order valence-corrected chi connectivity index (χ3v) is 4.77. The molecule has 1 aromatic rings. The monoisotopic (exact) mass is 333 g/mol. The first kappa shape index (κ1) is 17.2. The summed E-state index contributed by atoms with van der Waals surface area (Å²) >= 11 is 0. The molecule has 1 N–H and O–H groups in total. The Balaban J connectivity index is 1.51. The van der Waals surface area contributed by atoms with E-state index in [0.29, 0.717) is 29.9 Å². The predicted molar refractivity (Wildman–Crippen MR) is 92.2 cm³/mol. The molecule has 24 heavy (non-hydrogen) atoms. The summed E-state index contributed by atoms with van der Waals surface area (Å²) in [6.45, 7) is 7.31. The Morgan fingerprint density at radius 2 is 2.25 bits per heavy atom. The minimum Gasteiger partial charge on any atom is -0.462 e. The van der Waals surface area contributed by atoms with Gasteiger partial charge in [0.2, 0.25) is 0 Å². The summed E-state index contributed by atoms with van der Waals surface area (Å²) in [4.78, 5) is 18.9. The molecule has 1 unspecified atom stereocenters. The van der Waals surface area contributed by atoms with E-state index in [1.54, 1.807) is 18.3 Å². The smallest absolute Gasteiger partial charge is 0.341 e. The van der Waals surface area contributed by atoms with Gasteiger partial charge < -0.3 is 19.7 Å². The number of rotatable bonds is 6. The Morgan fingerprint density at radius 1 is 1.42 bits per heavy atom. The lowest BCUT2D eigenvalue weighted by Crippen LogP contribution is -2.41. The van der Waals surface area contributed by atoms with Crippen LogP contribution in [0.25, 0.3) is 0 Å². The Morgan fingerprint density at radius 3 is 2.96 bits per heavy atom. The van der Waals surface area contributed by atoms with E-state index in [4.69, 9.17) is 9.47 Å². The largest absolute Gasteiger partial charge is 0.462 e. The molecule has 0 aromatic carbocycles. The number of hydrogen-bond acceptors (Lipinski definition) is 6. The quantitative estimate of drug-likeness (QED) is 0.805. The predicted octanol–water partition coefficient (Wildman–Crippen LogP) is 2.17. The Kier molecular flexibility index (Phi) is 6.04. The second-order valence-corrected chi connectivity index (χ2v) is 6.57. The van der Waals surface area contributed by atoms with Crippen LogP contribution in [-0.4, -0.2) is 61.3 Å². The normalized spacial score (nSPS) is 22.5. The van der Waals surface area contributed by atoms with Gasteiger partial charge in [0.05, 0.1) is 13.2 Å². The standard InChI is InChI=1S/C18H27N3O3/c1-2-24-18(22)16-4-3-8-19-17(16)20-15-5-9-21(10-6-15)12-14-7-11-23-13-14/h3-4,8,14-15H,2,5-7,9-13H2,1H3,(H,19,20). The zero-order valence-electron chi connectivity index (χ0n) is 14.4. The van der Waals surface area contributed by atoms with Crippen LogP contribution in [0.1, 0.15) is 36.5 Å². The van der Waals surface area contributed by atoms with E-state index in [9.17, 15) is 4.79 Å². The number of nitrogens with one attached hydrogen (secondary N) is 1. The van der Waals surface area contributed by atoms with Crippen molar-refractivity contribution in [2.24, 2.45) is 5.92 Å². The number of carbonyl (C=O) groups is 1. The number of anilines is 1. The molecular weight excluding hydrogens is 306 g/mol. The van der Waals surface area contributed by atoms with Crippen LogP contribution in [0.3, 0.4) is 0 Å². The van der Waals surface area contributed by atoms with E-state index in [1.165, 1.54) is 6.42 Å². The molecule has 0 spiro atoms. The minimum atomic E-state index is -0.313. The second kappa shape index (κ2) is 8.44. The van der Waals surface area contributed by atoms with Gasteiger partial charge in [-0.15, -0.1) is 0 Å². The van der Waals surface area contributed by atoms with Crippen molar-refractivity contribution in [1.82, 2.24) is 9.88 Å². The molecular formula is C18H27N3O3. The summed E-state index contributed by atoms with van der Waals surface area (Å²) in [5.74, 6) is 1.02. The number of pyridine rings is 1. The van der Waals surface area contributed by atoms with E-state index >= 15 is 0 Å². The molecule has 0 bridgehead atoms. The number of ether oxygens (including phenoxy) is 2. The highest BCUT2D eigenvalue weighted by Crippen LogP contribution is 2.21. The van der Waals surface area contributed by atoms with Crippen LogP contribution < -0.4 is 5.32 Å². The molecule has 6 heteroatoms. The summed E-state index contributed by atoms with van der Waals surface area (Å²) in [7, 11) is 0. The highest BCUT2D eigenvalue weighted by atomic mass is 16.5. The van der Waals surface area contributed by atoms with Crippen LogP contribution in [-0.2, 0) is 9.47 Å². The van der Waals surface area contributed by atoms with Crippen molar-refractivity contribution in [2.75, 3.05) is 44.8 Å². The first-order valence-corrected chi connectivity index (χ1v) is 8.95. The van der Waals surface area contributed by atoms with Gasteiger partial charge in [-0.1, -0.05) is 0 Å². The molecule has 0 saturated carbocycles. The molecule has 2 saturated heterocycles. The van der Waals surface area contributed by atoms with Gasteiger partial charge in [-0.05, 0) is 44.2 Å². The number of carbonyl (C=O) groups excluding carboxylic acids is 1. The number of piperidine rings is 1. The van der Waals surface area contributed by atoms with Crippen molar-refractivity contribution in [3.8, 4) is 0 Å². The lowest BCUT2D eigenvalue weighted by atomic mass is 10.0. The fourth-order valence-corrected chi connectivity index (χ4v) is 3.44. The van der Waals surface area contributed by atoms with Gasteiger partial charge in [0, 0.05) is 38.5 Å². The van der Waals surface area contributed by atoms with Gasteiger partial charge >= 0.3 is 5.97 Å². The third kappa shape index (κ3) is 4.45. The molecule has 6 nitrogen and oxygen atoms in total. The van der Waals surface area contributed by atoms with Crippen LogP contribution in [0.5, 0.6) is 0 Å². The molecule has 3 rings (SSSR count). The molecule has 3 heterocycles. The minimum absolute atomic E-state index is 0.313. The van der Waals surface area contributed by atoms with Crippen LogP contribution >= 0.6 is 0 Å². The zero-order valence-corrected chi connectivity index (χ0v) is 14.4. The van der Waals surface area contributed by atoms with Crippen LogP contribution in [0.4, 0.5) is 5.82 Å². The highest BCUT2D eigenvalue weighted by molar-refractivity contribution is 5.94. The van der Waals surface area contributed by atoms with Gasteiger partial charge in [-0.25, -0.2) is 9.78 Å². The molecule has 0 amide bonds. The molecule has 132 valence electrons. The van der Waals surface area contributed by atoms with Crippen molar-refractivity contribution >= 4 is 11.8 Å². The maximum absolute atomic E-state index is 12.0. The van der Waals surface area contributed by atoms with Crippen LogP contribution in [0.2, 0.25) is 0 Å². The van der Waals surface area contributed by atoms with Crippen molar-refractivity contribution < 1.29 is 14.3 Å². The van der Waals surface area contributed by atoms with E-state index in [-0.39, 0.29) is 5.97 Å². The molecule has 1 atom stereocenters. The molecule has 0 radical (unpaired) electrons. The van der Waals surface area contributed by atoms with Crippen LogP contribution in [0, 0.1) is 5.92 Å².